The zero-order chi connectivity index (χ0) is 23.5. The van der Waals surface area contributed by atoms with Crippen LogP contribution in [0.4, 0.5) is 5.69 Å². The molecule has 3 aromatic carbocycles. The highest BCUT2D eigenvalue weighted by Crippen LogP contribution is 2.29. The minimum absolute atomic E-state index is 0.188. The SMILES string of the molecule is CCCCOc1ccc(-c2ccc(OC)c(/C=C/C(=O)Nc3ccc(SCC)cc3)c2)cc1. The zero-order valence-corrected chi connectivity index (χ0v) is 20.3. The number of methoxy groups -OCH3 is 1. The highest BCUT2D eigenvalue weighted by Gasteiger charge is 2.06. The summed E-state index contributed by atoms with van der Waals surface area (Å²) in [5.41, 5.74) is 3.72. The number of anilines is 1. The summed E-state index contributed by atoms with van der Waals surface area (Å²) in [6, 6.07) is 21.9. The molecule has 33 heavy (non-hydrogen) atoms. The average Bonchev–Trinajstić information content (AvgIpc) is 2.84. The lowest BCUT2D eigenvalue weighted by Gasteiger charge is -2.10. The van der Waals surface area contributed by atoms with E-state index in [4.69, 9.17) is 9.47 Å². The molecule has 1 amide bonds. The van der Waals surface area contributed by atoms with Crippen molar-refractivity contribution < 1.29 is 14.3 Å². The third-order valence-corrected chi connectivity index (χ3v) is 5.93. The van der Waals surface area contributed by atoms with Gasteiger partial charge in [0.15, 0.2) is 0 Å². The topological polar surface area (TPSA) is 47.6 Å². The van der Waals surface area contributed by atoms with Crippen molar-refractivity contribution in [2.24, 2.45) is 0 Å². The smallest absolute Gasteiger partial charge is 0.248 e. The Hall–Kier alpha value is -3.18. The van der Waals surface area contributed by atoms with Gasteiger partial charge in [-0.05, 0) is 77.9 Å². The zero-order valence-electron chi connectivity index (χ0n) is 19.5. The van der Waals surface area contributed by atoms with E-state index in [0.29, 0.717) is 5.75 Å². The van der Waals surface area contributed by atoms with Gasteiger partial charge in [0.05, 0.1) is 13.7 Å². The van der Waals surface area contributed by atoms with E-state index in [0.717, 1.165) is 53.3 Å². The van der Waals surface area contributed by atoms with Gasteiger partial charge in [-0.25, -0.2) is 0 Å². The molecule has 3 rings (SSSR count). The summed E-state index contributed by atoms with van der Waals surface area (Å²) in [5, 5.41) is 2.90. The van der Waals surface area contributed by atoms with E-state index in [1.54, 1.807) is 24.9 Å². The molecule has 0 heterocycles. The molecule has 0 aromatic heterocycles. The Morgan fingerprint density at radius 2 is 1.70 bits per heavy atom. The summed E-state index contributed by atoms with van der Waals surface area (Å²) < 4.78 is 11.2. The second-order valence-corrected chi connectivity index (χ2v) is 8.80. The maximum atomic E-state index is 12.4. The van der Waals surface area contributed by atoms with E-state index in [9.17, 15) is 4.79 Å². The molecule has 1 N–H and O–H groups in total. The van der Waals surface area contributed by atoms with Crippen LogP contribution in [0.15, 0.2) is 77.7 Å². The Morgan fingerprint density at radius 1 is 0.970 bits per heavy atom. The molecule has 0 atom stereocenters. The first kappa shape index (κ1) is 24.5. The summed E-state index contributed by atoms with van der Waals surface area (Å²) in [6.07, 6.45) is 5.47. The standard InChI is InChI=1S/C28H31NO3S/c1-4-6-19-32-25-13-7-21(8-14-25)22-9-17-27(31-3)23(20-22)10-18-28(30)29-24-11-15-26(16-12-24)33-5-2/h7-18,20H,4-6,19H2,1-3H3,(H,29,30)/b18-10+. The number of amides is 1. The molecular weight excluding hydrogens is 430 g/mol. The fourth-order valence-electron chi connectivity index (χ4n) is 3.27. The molecule has 0 saturated carbocycles. The Balaban J connectivity index is 1.70. The fourth-order valence-corrected chi connectivity index (χ4v) is 3.93. The Kier molecular flexibility index (Phi) is 9.45. The number of rotatable bonds is 11. The van der Waals surface area contributed by atoms with Crippen LogP contribution in [0, 0.1) is 0 Å². The van der Waals surface area contributed by atoms with Gasteiger partial charge in [0.1, 0.15) is 11.5 Å². The predicted octanol–water partition coefficient (Wildman–Crippen LogP) is 7.31. The molecule has 0 aliphatic carbocycles. The normalized spacial score (nSPS) is 10.9. The Labute approximate surface area is 201 Å². The van der Waals surface area contributed by atoms with Crippen LogP contribution in [0.25, 0.3) is 17.2 Å². The first-order valence-corrected chi connectivity index (χ1v) is 12.2. The van der Waals surface area contributed by atoms with Crippen LogP contribution in [0.1, 0.15) is 32.3 Å². The number of carbonyl (C=O) groups is 1. The number of carbonyl (C=O) groups excluding carboxylic acids is 1. The van der Waals surface area contributed by atoms with Crippen molar-refractivity contribution in [3.8, 4) is 22.6 Å². The molecule has 0 aliphatic heterocycles. The molecule has 4 nitrogen and oxygen atoms in total. The average molecular weight is 462 g/mol. The molecule has 172 valence electrons. The second kappa shape index (κ2) is 12.8. The van der Waals surface area contributed by atoms with Crippen LogP contribution in [0.5, 0.6) is 11.5 Å². The van der Waals surface area contributed by atoms with Crippen molar-refractivity contribution in [2.45, 2.75) is 31.6 Å². The van der Waals surface area contributed by atoms with E-state index < -0.39 is 0 Å². The largest absolute Gasteiger partial charge is 0.496 e. The molecule has 0 unspecified atom stereocenters. The Morgan fingerprint density at radius 3 is 2.36 bits per heavy atom. The number of unbranched alkanes of at least 4 members (excludes halogenated alkanes) is 1. The highest BCUT2D eigenvalue weighted by molar-refractivity contribution is 7.99. The molecule has 0 saturated heterocycles. The molecule has 0 aliphatic rings. The van der Waals surface area contributed by atoms with Gasteiger partial charge in [0, 0.05) is 22.2 Å². The highest BCUT2D eigenvalue weighted by atomic mass is 32.2. The third-order valence-electron chi connectivity index (χ3n) is 5.03. The summed E-state index contributed by atoms with van der Waals surface area (Å²) in [7, 11) is 1.63. The number of benzene rings is 3. The van der Waals surface area contributed by atoms with Crippen LogP contribution in [0.2, 0.25) is 0 Å². The van der Waals surface area contributed by atoms with Gasteiger partial charge in [-0.1, -0.05) is 38.5 Å². The van der Waals surface area contributed by atoms with Crippen molar-refractivity contribution in [2.75, 3.05) is 24.8 Å². The van der Waals surface area contributed by atoms with Gasteiger partial charge in [-0.15, -0.1) is 11.8 Å². The number of hydrogen-bond acceptors (Lipinski definition) is 4. The van der Waals surface area contributed by atoms with E-state index in [-0.39, 0.29) is 5.91 Å². The van der Waals surface area contributed by atoms with Crippen LogP contribution in [-0.4, -0.2) is 25.4 Å². The lowest BCUT2D eigenvalue weighted by molar-refractivity contribution is -0.111. The maximum Gasteiger partial charge on any atom is 0.248 e. The van der Waals surface area contributed by atoms with Crippen molar-refractivity contribution >= 4 is 29.4 Å². The summed E-state index contributed by atoms with van der Waals surface area (Å²) in [5.74, 6) is 2.42. The number of ether oxygens (including phenoxy) is 2. The van der Waals surface area contributed by atoms with E-state index >= 15 is 0 Å². The van der Waals surface area contributed by atoms with E-state index in [1.165, 1.54) is 11.0 Å². The molecule has 0 fully saturated rings. The third kappa shape index (κ3) is 7.43. The summed E-state index contributed by atoms with van der Waals surface area (Å²) >= 11 is 1.77. The van der Waals surface area contributed by atoms with Gasteiger partial charge in [0.2, 0.25) is 5.91 Å². The van der Waals surface area contributed by atoms with Gasteiger partial charge < -0.3 is 14.8 Å². The van der Waals surface area contributed by atoms with Crippen LogP contribution in [0.3, 0.4) is 0 Å². The van der Waals surface area contributed by atoms with Crippen LogP contribution < -0.4 is 14.8 Å². The van der Waals surface area contributed by atoms with Gasteiger partial charge in [-0.3, -0.25) is 4.79 Å². The van der Waals surface area contributed by atoms with Crippen LogP contribution >= 0.6 is 11.8 Å². The van der Waals surface area contributed by atoms with E-state index in [2.05, 4.69) is 19.2 Å². The molecule has 0 bridgehead atoms. The molecule has 0 spiro atoms. The minimum Gasteiger partial charge on any atom is -0.496 e. The lowest BCUT2D eigenvalue weighted by Crippen LogP contribution is -2.07. The van der Waals surface area contributed by atoms with Gasteiger partial charge in [-0.2, -0.15) is 0 Å². The first-order chi connectivity index (χ1) is 16.1. The second-order valence-electron chi connectivity index (χ2n) is 7.46. The van der Waals surface area contributed by atoms with Crippen molar-refractivity contribution in [3.05, 3.63) is 78.4 Å². The molecule has 0 radical (unpaired) electrons. The van der Waals surface area contributed by atoms with Gasteiger partial charge in [0.25, 0.3) is 0 Å². The van der Waals surface area contributed by atoms with Crippen molar-refractivity contribution in [3.63, 3.8) is 0 Å². The summed E-state index contributed by atoms with van der Waals surface area (Å²) in [6.45, 7) is 5.00. The minimum atomic E-state index is -0.188. The molecule has 3 aromatic rings. The lowest BCUT2D eigenvalue weighted by atomic mass is 10.0. The summed E-state index contributed by atoms with van der Waals surface area (Å²) in [4.78, 5) is 13.6. The molecule has 5 heteroatoms. The number of nitrogens with one attached hydrogen (secondary N) is 1. The van der Waals surface area contributed by atoms with Crippen molar-refractivity contribution in [1.29, 1.82) is 0 Å². The number of thioether (sulfide) groups is 1. The van der Waals surface area contributed by atoms with E-state index in [1.807, 2.05) is 66.7 Å². The maximum absolute atomic E-state index is 12.4. The number of hydrogen-bond donors (Lipinski definition) is 1. The van der Waals surface area contributed by atoms with Crippen LogP contribution in [-0.2, 0) is 4.79 Å². The quantitative estimate of drug-likeness (QED) is 0.185. The monoisotopic (exact) mass is 461 g/mol. The fraction of sp³-hybridized carbons (Fsp3) is 0.250. The Bertz CT molecular complexity index is 1060. The van der Waals surface area contributed by atoms with Gasteiger partial charge >= 0.3 is 0 Å². The van der Waals surface area contributed by atoms with Crippen molar-refractivity contribution in [1.82, 2.24) is 0 Å². The predicted molar refractivity (Wildman–Crippen MR) is 139 cm³/mol. The molecular formula is C28H31NO3S. The first-order valence-electron chi connectivity index (χ1n) is 11.3.